The molecule has 0 unspecified atom stereocenters. The van der Waals surface area contributed by atoms with Gasteiger partial charge in [-0.1, -0.05) is 48.5 Å². The number of nitrogens with one attached hydrogen (secondary N) is 1. The van der Waals surface area contributed by atoms with E-state index in [1.54, 1.807) is 35.2 Å². The molecule has 0 spiro atoms. The Morgan fingerprint density at radius 3 is 1.89 bits per heavy atom. The molecule has 0 bridgehead atoms. The molecule has 2 rings (SSSR count). The predicted octanol–water partition coefficient (Wildman–Crippen LogP) is 2.72. The monoisotopic (exact) mass is 533 g/mol. The van der Waals surface area contributed by atoms with Crippen LogP contribution < -0.4 is 5.32 Å². The molecule has 11 heteroatoms. The molecule has 0 aliphatic heterocycles. The molecular formula is C26H35N3O7S. The van der Waals surface area contributed by atoms with E-state index >= 15 is 0 Å². The van der Waals surface area contributed by atoms with Crippen molar-refractivity contribution in [1.29, 1.82) is 0 Å². The third kappa shape index (κ3) is 13.3. The molecule has 2 aromatic rings. The average Bonchev–Trinajstić information content (AvgIpc) is 2.84. The summed E-state index contributed by atoms with van der Waals surface area (Å²) in [6, 6.07) is 18.2. The highest BCUT2D eigenvalue weighted by Crippen LogP contribution is 2.11. The summed E-state index contributed by atoms with van der Waals surface area (Å²) < 4.78 is 25.0. The molecule has 37 heavy (non-hydrogen) atoms. The van der Waals surface area contributed by atoms with Gasteiger partial charge in [-0.15, -0.1) is 0 Å². The summed E-state index contributed by atoms with van der Waals surface area (Å²) in [6.07, 6.45) is 1.12. The van der Waals surface area contributed by atoms with Gasteiger partial charge in [-0.25, -0.2) is 22.8 Å². The number of amides is 2. The van der Waals surface area contributed by atoms with E-state index in [9.17, 15) is 22.8 Å². The topological polar surface area (TPSA) is 144 Å². The molecule has 10 nitrogen and oxygen atoms in total. The van der Waals surface area contributed by atoms with E-state index in [0.29, 0.717) is 25.2 Å². The van der Waals surface area contributed by atoms with Gasteiger partial charge in [-0.05, 0) is 38.6 Å². The second kappa shape index (κ2) is 16.1. The Balaban J connectivity index is 0.000000738. The van der Waals surface area contributed by atoms with E-state index in [2.05, 4.69) is 22.3 Å². The lowest BCUT2D eigenvalue weighted by atomic mass is 10.2. The van der Waals surface area contributed by atoms with Gasteiger partial charge >= 0.3 is 18.0 Å². The molecular weight excluding hydrogens is 498 g/mol. The molecule has 2 amide bonds. The Morgan fingerprint density at radius 1 is 0.892 bits per heavy atom. The van der Waals surface area contributed by atoms with Crippen LogP contribution in [0.4, 0.5) is 4.79 Å². The third-order valence-corrected chi connectivity index (χ3v) is 6.73. The van der Waals surface area contributed by atoms with E-state index in [0.717, 1.165) is 6.54 Å². The number of aliphatic carboxylic acids is 2. The minimum atomic E-state index is -3.42. The van der Waals surface area contributed by atoms with Crippen molar-refractivity contribution < 1.29 is 33.0 Å². The molecule has 0 fully saturated rings. The number of rotatable bonds is 12. The highest BCUT2D eigenvalue weighted by molar-refractivity contribution is 7.91. The van der Waals surface area contributed by atoms with Gasteiger partial charge < -0.3 is 25.3 Å². The van der Waals surface area contributed by atoms with E-state index in [4.69, 9.17) is 10.2 Å². The van der Waals surface area contributed by atoms with Gasteiger partial charge in [0.05, 0.1) is 10.6 Å². The van der Waals surface area contributed by atoms with Crippen LogP contribution in [-0.2, 0) is 26.0 Å². The number of urea groups is 1. The number of carboxylic acid groups (broad SMARTS) is 2. The zero-order chi connectivity index (χ0) is 27.8. The smallest absolute Gasteiger partial charge is 0.328 e. The maximum absolute atomic E-state index is 12.6. The summed E-state index contributed by atoms with van der Waals surface area (Å²) in [4.78, 5) is 35.7. The highest BCUT2D eigenvalue weighted by Gasteiger charge is 2.21. The molecule has 2 aromatic carbocycles. The van der Waals surface area contributed by atoms with Crippen LogP contribution >= 0.6 is 0 Å². The minimum Gasteiger partial charge on any atom is -0.478 e. The Bertz CT molecular complexity index is 1110. The van der Waals surface area contributed by atoms with E-state index in [1.807, 2.05) is 39.1 Å². The van der Waals surface area contributed by atoms with Crippen LogP contribution in [0.15, 0.2) is 77.7 Å². The Hall–Kier alpha value is -3.70. The second-order valence-corrected chi connectivity index (χ2v) is 10.5. The fraction of sp³-hybridized carbons (Fsp3) is 0.346. The molecule has 0 aliphatic rings. The standard InChI is InChI=1S/C22H31N3O3S.C4H4O4/c1-19(2)25(16-17-29(27,28)21-12-8-5-9-13-21)22(26)23-14-15-24(3)18-20-10-6-4-7-11-20;5-3(6)1-2-4(7)8/h4-13,19H,14-18H2,1-3H3,(H,23,26);1-2H,(H,5,6)(H,7,8)/b;2-1-. The highest BCUT2D eigenvalue weighted by atomic mass is 32.2. The van der Waals surface area contributed by atoms with Crippen LogP contribution in [0.3, 0.4) is 0 Å². The summed E-state index contributed by atoms with van der Waals surface area (Å²) in [5, 5.41) is 18.5. The van der Waals surface area contributed by atoms with Gasteiger partial charge in [0.25, 0.3) is 0 Å². The van der Waals surface area contributed by atoms with Crippen molar-refractivity contribution in [3.8, 4) is 0 Å². The third-order valence-electron chi connectivity index (χ3n) is 5.02. The zero-order valence-corrected chi connectivity index (χ0v) is 22.1. The zero-order valence-electron chi connectivity index (χ0n) is 21.3. The Labute approximate surface area is 218 Å². The van der Waals surface area contributed by atoms with Gasteiger partial charge in [0.15, 0.2) is 9.84 Å². The first-order chi connectivity index (χ1) is 17.4. The number of sulfone groups is 1. The first-order valence-corrected chi connectivity index (χ1v) is 13.3. The van der Waals surface area contributed by atoms with Gasteiger partial charge in [0, 0.05) is 44.4 Å². The van der Waals surface area contributed by atoms with Crippen molar-refractivity contribution in [2.24, 2.45) is 0 Å². The Kier molecular flexibility index (Phi) is 13.7. The molecule has 3 N–H and O–H groups in total. The Morgan fingerprint density at radius 2 is 1.41 bits per heavy atom. The molecule has 202 valence electrons. The molecule has 0 aliphatic carbocycles. The summed E-state index contributed by atoms with van der Waals surface area (Å²) in [6.45, 7) is 5.93. The average molecular weight is 534 g/mol. The van der Waals surface area contributed by atoms with Crippen LogP contribution in [0.5, 0.6) is 0 Å². The van der Waals surface area contributed by atoms with Crippen molar-refractivity contribution >= 4 is 27.8 Å². The number of benzene rings is 2. The largest absolute Gasteiger partial charge is 0.478 e. The lowest BCUT2D eigenvalue weighted by Gasteiger charge is -2.27. The number of carboxylic acids is 2. The number of nitrogens with zero attached hydrogens (tertiary/aromatic N) is 2. The number of carbonyl (C=O) groups is 3. The van der Waals surface area contributed by atoms with Crippen molar-refractivity contribution in [2.75, 3.05) is 32.4 Å². The van der Waals surface area contributed by atoms with Crippen LogP contribution in [0.2, 0.25) is 0 Å². The number of hydrogen-bond acceptors (Lipinski definition) is 6. The van der Waals surface area contributed by atoms with E-state index < -0.39 is 21.8 Å². The summed E-state index contributed by atoms with van der Waals surface area (Å²) in [7, 11) is -1.42. The molecule has 0 saturated heterocycles. The van der Waals surface area contributed by atoms with Crippen molar-refractivity contribution in [3.63, 3.8) is 0 Å². The molecule has 0 atom stereocenters. The van der Waals surface area contributed by atoms with Gasteiger partial charge in [0.1, 0.15) is 0 Å². The van der Waals surface area contributed by atoms with Crippen LogP contribution in [0.1, 0.15) is 19.4 Å². The van der Waals surface area contributed by atoms with Crippen molar-refractivity contribution in [2.45, 2.75) is 31.3 Å². The summed E-state index contributed by atoms with van der Waals surface area (Å²) in [5.41, 5.74) is 1.22. The normalized spacial score (nSPS) is 11.2. The first-order valence-electron chi connectivity index (χ1n) is 11.6. The van der Waals surface area contributed by atoms with Crippen molar-refractivity contribution in [3.05, 3.63) is 78.4 Å². The molecule has 0 saturated carbocycles. The van der Waals surface area contributed by atoms with Crippen molar-refractivity contribution in [1.82, 2.24) is 15.1 Å². The van der Waals surface area contributed by atoms with Gasteiger partial charge in [-0.2, -0.15) is 0 Å². The van der Waals surface area contributed by atoms with E-state index in [-0.39, 0.29) is 29.3 Å². The van der Waals surface area contributed by atoms with Gasteiger partial charge in [-0.3, -0.25) is 0 Å². The minimum absolute atomic E-state index is 0.0944. The van der Waals surface area contributed by atoms with Crippen LogP contribution in [0.25, 0.3) is 0 Å². The molecule has 0 radical (unpaired) electrons. The lowest BCUT2D eigenvalue weighted by Crippen LogP contribution is -2.47. The fourth-order valence-electron chi connectivity index (χ4n) is 3.13. The lowest BCUT2D eigenvalue weighted by molar-refractivity contribution is -0.134. The quantitative estimate of drug-likeness (QED) is 0.353. The maximum Gasteiger partial charge on any atom is 0.328 e. The summed E-state index contributed by atoms with van der Waals surface area (Å²) in [5.74, 6) is -2.61. The number of carbonyl (C=O) groups excluding carboxylic acids is 1. The molecule has 0 aromatic heterocycles. The predicted molar refractivity (Wildman–Crippen MR) is 141 cm³/mol. The van der Waals surface area contributed by atoms with E-state index in [1.165, 1.54) is 5.56 Å². The maximum atomic E-state index is 12.6. The van der Waals surface area contributed by atoms with Gasteiger partial charge in [0.2, 0.25) is 0 Å². The SMILES string of the molecule is CC(C)N(CCS(=O)(=O)c1ccccc1)C(=O)NCCN(C)Cc1ccccc1.O=C(O)/C=C\C(=O)O. The fourth-order valence-corrected chi connectivity index (χ4v) is 4.37. The molecule has 0 heterocycles. The number of hydrogen-bond donors (Lipinski definition) is 3. The summed E-state index contributed by atoms with van der Waals surface area (Å²) >= 11 is 0. The first kappa shape index (κ1) is 31.3. The van der Waals surface area contributed by atoms with Crippen LogP contribution in [0, 0.1) is 0 Å². The number of likely N-dealkylation sites (N-methyl/N-ethyl adjacent to an activating group) is 1. The second-order valence-electron chi connectivity index (χ2n) is 8.38. The van der Waals surface area contributed by atoms with Crippen LogP contribution in [-0.4, -0.2) is 84.9 Å².